The lowest BCUT2D eigenvalue weighted by atomic mass is 10.1. The van der Waals surface area contributed by atoms with Crippen molar-refractivity contribution in [1.29, 1.82) is 0 Å². The van der Waals surface area contributed by atoms with Crippen LogP contribution in [0.25, 0.3) is 22.6 Å². The summed E-state index contributed by atoms with van der Waals surface area (Å²) in [4.78, 5) is 7.93. The molecule has 1 heterocycles. The largest absolute Gasteiger partial charge is 0.508 e. The number of sulfone groups is 1. The van der Waals surface area contributed by atoms with E-state index in [1.54, 1.807) is 0 Å². The Kier molecular flexibility index (Phi) is 4.64. The molecule has 0 aliphatic carbocycles. The molecule has 0 saturated heterocycles. The van der Waals surface area contributed by atoms with Crippen LogP contribution in [-0.4, -0.2) is 29.7 Å². The summed E-state index contributed by atoms with van der Waals surface area (Å²) in [6, 6.07) is 10.1. The number of halogens is 3. The molecule has 3 aromatic rings. The topological polar surface area (TPSA) is 80.2 Å². The molecule has 9 heteroatoms. The van der Waals surface area contributed by atoms with Crippen molar-refractivity contribution in [2.24, 2.45) is 0 Å². The van der Waals surface area contributed by atoms with Gasteiger partial charge >= 0.3 is 6.18 Å². The molecule has 1 N–H and O–H groups in total. The molecular weight excluding hydrogens is 381 g/mol. The second-order valence-corrected chi connectivity index (χ2v) is 7.79. The van der Waals surface area contributed by atoms with Gasteiger partial charge in [-0.25, -0.2) is 18.4 Å². The molecule has 5 nitrogen and oxygen atoms in total. The molecule has 0 aliphatic heterocycles. The Morgan fingerprint density at radius 2 is 1.67 bits per heavy atom. The quantitative estimate of drug-likeness (QED) is 0.728. The zero-order valence-electron chi connectivity index (χ0n) is 13.9. The first kappa shape index (κ1) is 18.8. The highest BCUT2D eigenvalue weighted by atomic mass is 32.2. The number of phenolic OH excluding ortho intramolecular Hbond substituents is 1. The summed E-state index contributed by atoms with van der Waals surface area (Å²) >= 11 is 0. The number of phenols is 1. The van der Waals surface area contributed by atoms with Crippen LogP contribution in [0.2, 0.25) is 0 Å². The summed E-state index contributed by atoms with van der Waals surface area (Å²) in [6.45, 7) is 0. The highest BCUT2D eigenvalue weighted by Gasteiger charge is 2.31. The number of hydrogen-bond donors (Lipinski definition) is 1. The fourth-order valence-electron chi connectivity index (χ4n) is 2.44. The van der Waals surface area contributed by atoms with Crippen molar-refractivity contribution in [2.75, 3.05) is 6.26 Å². The van der Waals surface area contributed by atoms with Gasteiger partial charge in [0.15, 0.2) is 15.7 Å². The van der Waals surface area contributed by atoms with Crippen molar-refractivity contribution < 1.29 is 26.7 Å². The summed E-state index contributed by atoms with van der Waals surface area (Å²) < 4.78 is 63.2. The average molecular weight is 394 g/mol. The minimum Gasteiger partial charge on any atom is -0.508 e. The Hall–Kier alpha value is -2.94. The van der Waals surface area contributed by atoms with Crippen LogP contribution in [0, 0.1) is 0 Å². The summed E-state index contributed by atoms with van der Waals surface area (Å²) in [5, 5.41) is 9.37. The summed E-state index contributed by atoms with van der Waals surface area (Å²) in [6.07, 6.45) is -2.57. The zero-order valence-corrected chi connectivity index (χ0v) is 14.7. The van der Waals surface area contributed by atoms with Gasteiger partial charge in [0, 0.05) is 17.4 Å². The maximum Gasteiger partial charge on any atom is 0.416 e. The molecule has 0 unspecified atom stereocenters. The van der Waals surface area contributed by atoms with Crippen molar-refractivity contribution in [2.45, 2.75) is 11.1 Å². The number of rotatable bonds is 3. The molecule has 1 aromatic heterocycles. The van der Waals surface area contributed by atoms with Crippen LogP contribution < -0.4 is 0 Å². The molecular formula is C18H13F3N2O3S. The van der Waals surface area contributed by atoms with E-state index in [1.165, 1.54) is 36.4 Å². The van der Waals surface area contributed by atoms with E-state index in [1.807, 2.05) is 0 Å². The van der Waals surface area contributed by atoms with Crippen molar-refractivity contribution >= 4 is 9.84 Å². The van der Waals surface area contributed by atoms with Crippen LogP contribution in [0.15, 0.2) is 59.6 Å². The molecule has 27 heavy (non-hydrogen) atoms. The Morgan fingerprint density at radius 3 is 2.26 bits per heavy atom. The summed E-state index contributed by atoms with van der Waals surface area (Å²) in [7, 11) is -3.78. The molecule has 0 bridgehead atoms. The Bertz CT molecular complexity index is 1100. The average Bonchev–Trinajstić information content (AvgIpc) is 2.60. The van der Waals surface area contributed by atoms with Crippen molar-refractivity contribution in [3.05, 3.63) is 60.3 Å². The van der Waals surface area contributed by atoms with Gasteiger partial charge in [-0.05, 0) is 36.4 Å². The van der Waals surface area contributed by atoms with Gasteiger partial charge in [0.05, 0.1) is 17.5 Å². The molecule has 0 amide bonds. The van der Waals surface area contributed by atoms with Crippen molar-refractivity contribution in [3.8, 4) is 28.4 Å². The van der Waals surface area contributed by atoms with Crippen molar-refractivity contribution in [3.63, 3.8) is 0 Å². The van der Waals surface area contributed by atoms with E-state index in [0.29, 0.717) is 5.56 Å². The van der Waals surface area contributed by atoms with E-state index < -0.39 is 21.6 Å². The fourth-order valence-corrected chi connectivity index (χ4v) is 3.20. The minimum atomic E-state index is -4.58. The zero-order chi connectivity index (χ0) is 19.8. The first-order valence-electron chi connectivity index (χ1n) is 7.60. The van der Waals surface area contributed by atoms with E-state index in [2.05, 4.69) is 9.97 Å². The predicted octanol–water partition coefficient (Wildman–Crippen LogP) is 3.94. The Labute approximate surface area is 153 Å². The molecule has 0 spiro atoms. The summed E-state index contributed by atoms with van der Waals surface area (Å²) in [5.74, 6) is 0.138. The first-order valence-corrected chi connectivity index (χ1v) is 9.49. The van der Waals surface area contributed by atoms with Crippen LogP contribution in [-0.2, 0) is 16.0 Å². The highest BCUT2D eigenvalue weighted by Crippen LogP contribution is 2.34. The van der Waals surface area contributed by atoms with Crippen LogP contribution in [0.1, 0.15) is 5.56 Å². The molecule has 0 saturated carbocycles. The molecule has 0 atom stereocenters. The van der Waals surface area contributed by atoms with Gasteiger partial charge in [0.2, 0.25) is 0 Å². The van der Waals surface area contributed by atoms with Gasteiger partial charge in [-0.3, -0.25) is 0 Å². The van der Waals surface area contributed by atoms with E-state index in [0.717, 1.165) is 24.6 Å². The normalized spacial score (nSPS) is 12.1. The third-order valence-corrected chi connectivity index (χ3v) is 4.84. The molecule has 2 aromatic carbocycles. The third kappa shape index (κ3) is 4.08. The SMILES string of the molecule is CS(=O)(=O)c1cnc(-c2ccc(O)cc2)nc1-c1cccc(C(F)(F)F)c1. The van der Waals surface area contributed by atoms with Crippen LogP contribution >= 0.6 is 0 Å². The smallest absolute Gasteiger partial charge is 0.416 e. The van der Waals surface area contributed by atoms with Gasteiger partial charge in [-0.15, -0.1) is 0 Å². The van der Waals surface area contributed by atoms with Crippen LogP contribution in [0.4, 0.5) is 13.2 Å². The second-order valence-electron chi connectivity index (χ2n) is 5.80. The van der Waals surface area contributed by atoms with Gasteiger partial charge in [-0.1, -0.05) is 12.1 Å². The van der Waals surface area contributed by atoms with Crippen LogP contribution in [0.3, 0.4) is 0 Å². The van der Waals surface area contributed by atoms with Gasteiger partial charge < -0.3 is 5.11 Å². The number of hydrogen-bond acceptors (Lipinski definition) is 5. The van der Waals surface area contributed by atoms with E-state index in [9.17, 15) is 26.7 Å². The third-order valence-electron chi connectivity index (χ3n) is 3.74. The lowest BCUT2D eigenvalue weighted by Crippen LogP contribution is -2.07. The maximum absolute atomic E-state index is 13.0. The second kappa shape index (κ2) is 6.66. The number of aromatic hydroxyl groups is 1. The number of benzene rings is 2. The summed E-state index contributed by atoms with van der Waals surface area (Å²) in [5.41, 5.74) is -0.556. The lowest BCUT2D eigenvalue weighted by molar-refractivity contribution is -0.137. The fraction of sp³-hybridized carbons (Fsp3) is 0.111. The highest BCUT2D eigenvalue weighted by molar-refractivity contribution is 7.90. The number of alkyl halides is 3. The standard InChI is InChI=1S/C18H13F3N2O3S/c1-27(25,26)15-10-22-17(11-5-7-14(24)8-6-11)23-16(15)12-3-2-4-13(9-12)18(19,20)21/h2-10,24H,1H3. The Balaban J connectivity index is 2.23. The lowest BCUT2D eigenvalue weighted by Gasteiger charge is -2.12. The maximum atomic E-state index is 13.0. The van der Waals surface area contributed by atoms with Gasteiger partial charge in [0.25, 0.3) is 0 Å². The first-order chi connectivity index (χ1) is 12.6. The molecule has 0 radical (unpaired) electrons. The Morgan fingerprint density at radius 1 is 1.00 bits per heavy atom. The molecule has 140 valence electrons. The minimum absolute atomic E-state index is 0.00711. The molecule has 0 fully saturated rings. The monoisotopic (exact) mass is 394 g/mol. The van der Waals surface area contributed by atoms with Gasteiger partial charge in [0.1, 0.15) is 10.6 Å². The van der Waals surface area contributed by atoms with Gasteiger partial charge in [-0.2, -0.15) is 13.2 Å². The predicted molar refractivity (Wildman–Crippen MR) is 92.7 cm³/mol. The number of nitrogens with zero attached hydrogens (tertiary/aromatic N) is 2. The van der Waals surface area contributed by atoms with Crippen LogP contribution in [0.5, 0.6) is 5.75 Å². The van der Waals surface area contributed by atoms with E-state index in [4.69, 9.17) is 0 Å². The van der Waals surface area contributed by atoms with E-state index >= 15 is 0 Å². The van der Waals surface area contributed by atoms with Crippen molar-refractivity contribution in [1.82, 2.24) is 9.97 Å². The molecule has 3 rings (SSSR count). The molecule has 0 aliphatic rings. The van der Waals surface area contributed by atoms with E-state index in [-0.39, 0.29) is 27.7 Å². The number of aromatic nitrogens is 2.